The summed E-state index contributed by atoms with van der Waals surface area (Å²) in [4.78, 5) is 12.4. The SMILES string of the molecule is CC(C)C[C@H](Nc1cscc1-c1ccc(Cl)c(Cl)c1)C(=O)NCC#N. The van der Waals surface area contributed by atoms with E-state index in [0.717, 1.165) is 16.8 Å². The van der Waals surface area contributed by atoms with Crippen molar-refractivity contribution in [3.05, 3.63) is 39.0 Å². The van der Waals surface area contributed by atoms with Gasteiger partial charge in [-0.25, -0.2) is 0 Å². The van der Waals surface area contributed by atoms with Gasteiger partial charge in [-0.3, -0.25) is 4.79 Å². The molecule has 0 saturated heterocycles. The van der Waals surface area contributed by atoms with Gasteiger partial charge in [-0.15, -0.1) is 11.3 Å². The van der Waals surface area contributed by atoms with Gasteiger partial charge in [-0.05, 0) is 30.0 Å². The van der Waals surface area contributed by atoms with Gasteiger partial charge >= 0.3 is 0 Å². The molecule has 2 N–H and O–H groups in total. The maximum atomic E-state index is 12.4. The van der Waals surface area contributed by atoms with Crippen LogP contribution < -0.4 is 10.6 Å². The molecular weight excluding hydrogens is 377 g/mol. The summed E-state index contributed by atoms with van der Waals surface area (Å²) >= 11 is 13.6. The van der Waals surface area contributed by atoms with Crippen molar-refractivity contribution in [2.75, 3.05) is 11.9 Å². The number of halogens is 2. The zero-order valence-electron chi connectivity index (χ0n) is 14.0. The largest absolute Gasteiger partial charge is 0.372 e. The van der Waals surface area contributed by atoms with Crippen LogP contribution in [0.25, 0.3) is 11.1 Å². The first kappa shape index (κ1) is 19.6. The topological polar surface area (TPSA) is 64.9 Å². The van der Waals surface area contributed by atoms with Crippen molar-refractivity contribution in [1.82, 2.24) is 5.32 Å². The number of hydrogen-bond acceptors (Lipinski definition) is 4. The fourth-order valence-electron chi connectivity index (χ4n) is 2.44. The highest BCUT2D eigenvalue weighted by Crippen LogP contribution is 2.35. The van der Waals surface area contributed by atoms with Crippen LogP contribution in [0.3, 0.4) is 0 Å². The smallest absolute Gasteiger partial charge is 0.243 e. The molecule has 0 unspecified atom stereocenters. The summed E-state index contributed by atoms with van der Waals surface area (Å²) in [5.41, 5.74) is 2.76. The first-order chi connectivity index (χ1) is 11.9. The summed E-state index contributed by atoms with van der Waals surface area (Å²) in [6, 6.07) is 6.98. The number of amides is 1. The second-order valence-corrected chi connectivity index (χ2v) is 7.59. The normalized spacial score (nSPS) is 11.8. The fourth-order valence-corrected chi connectivity index (χ4v) is 3.53. The Hall–Kier alpha value is -1.74. The standard InChI is InChI=1S/C18H19Cl2N3OS/c1-11(2)7-16(18(24)22-6-5-21)23-17-10-25-9-13(17)12-3-4-14(19)15(20)8-12/h3-4,8-11,16,23H,6-7H2,1-2H3,(H,22,24)/t16-/m0/s1. The van der Waals surface area contributed by atoms with Crippen LogP contribution in [-0.4, -0.2) is 18.5 Å². The third-order valence-electron chi connectivity index (χ3n) is 3.59. The number of anilines is 1. The van der Waals surface area contributed by atoms with Crippen molar-refractivity contribution >= 4 is 46.1 Å². The molecule has 0 radical (unpaired) electrons. The Bertz CT molecular complexity index is 783. The Balaban J connectivity index is 2.25. The van der Waals surface area contributed by atoms with Crippen molar-refractivity contribution in [2.24, 2.45) is 5.92 Å². The van der Waals surface area contributed by atoms with Crippen LogP contribution in [0.15, 0.2) is 29.0 Å². The van der Waals surface area contributed by atoms with Crippen molar-refractivity contribution < 1.29 is 4.79 Å². The second kappa shape index (κ2) is 9.10. The Morgan fingerprint density at radius 2 is 2.04 bits per heavy atom. The molecule has 2 rings (SSSR count). The molecule has 132 valence electrons. The van der Waals surface area contributed by atoms with E-state index in [0.29, 0.717) is 22.4 Å². The maximum absolute atomic E-state index is 12.4. The molecule has 0 aliphatic rings. The molecular formula is C18H19Cl2N3OS. The lowest BCUT2D eigenvalue weighted by atomic mass is 10.0. The summed E-state index contributed by atoms with van der Waals surface area (Å²) < 4.78 is 0. The van der Waals surface area contributed by atoms with Gasteiger partial charge in [-0.2, -0.15) is 5.26 Å². The van der Waals surface area contributed by atoms with Crippen molar-refractivity contribution in [2.45, 2.75) is 26.3 Å². The van der Waals surface area contributed by atoms with Crippen molar-refractivity contribution in [3.63, 3.8) is 0 Å². The number of nitrogens with one attached hydrogen (secondary N) is 2. The molecule has 0 fully saturated rings. The predicted octanol–water partition coefficient (Wildman–Crippen LogP) is 5.19. The summed E-state index contributed by atoms with van der Waals surface area (Å²) in [6.45, 7) is 4.11. The van der Waals surface area contributed by atoms with Crippen LogP contribution in [0, 0.1) is 17.2 Å². The summed E-state index contributed by atoms with van der Waals surface area (Å²) in [5, 5.41) is 19.6. The summed E-state index contributed by atoms with van der Waals surface area (Å²) in [5.74, 6) is 0.152. The third-order valence-corrected chi connectivity index (χ3v) is 5.07. The molecule has 7 heteroatoms. The predicted molar refractivity (Wildman–Crippen MR) is 105 cm³/mol. The van der Waals surface area contributed by atoms with Crippen LogP contribution in [0.1, 0.15) is 20.3 Å². The molecule has 1 aromatic heterocycles. The zero-order valence-corrected chi connectivity index (χ0v) is 16.3. The van der Waals surface area contributed by atoms with E-state index in [1.807, 2.05) is 29.0 Å². The van der Waals surface area contributed by atoms with E-state index in [2.05, 4.69) is 24.5 Å². The van der Waals surface area contributed by atoms with E-state index < -0.39 is 6.04 Å². The molecule has 1 atom stereocenters. The van der Waals surface area contributed by atoms with E-state index in [4.69, 9.17) is 28.5 Å². The van der Waals surface area contributed by atoms with E-state index in [-0.39, 0.29) is 12.5 Å². The van der Waals surface area contributed by atoms with E-state index in [9.17, 15) is 4.79 Å². The molecule has 0 aliphatic heterocycles. The molecule has 1 amide bonds. The lowest BCUT2D eigenvalue weighted by molar-refractivity contribution is -0.121. The Kier molecular flexibility index (Phi) is 7.12. The number of benzene rings is 1. The second-order valence-electron chi connectivity index (χ2n) is 6.03. The molecule has 25 heavy (non-hydrogen) atoms. The lowest BCUT2D eigenvalue weighted by Crippen LogP contribution is -2.40. The Labute approximate surface area is 161 Å². The number of nitrogens with zero attached hydrogens (tertiary/aromatic N) is 1. The maximum Gasteiger partial charge on any atom is 0.243 e. The minimum Gasteiger partial charge on any atom is -0.372 e. The van der Waals surface area contributed by atoms with Gasteiger partial charge in [0.2, 0.25) is 5.91 Å². The number of carbonyl (C=O) groups excluding carboxylic acids is 1. The molecule has 0 spiro atoms. The number of carbonyl (C=O) groups is 1. The van der Waals surface area contributed by atoms with E-state index >= 15 is 0 Å². The number of hydrogen-bond donors (Lipinski definition) is 2. The highest BCUT2D eigenvalue weighted by atomic mass is 35.5. The minimum absolute atomic E-state index is 0.00159. The van der Waals surface area contributed by atoms with Gasteiger partial charge in [0.25, 0.3) is 0 Å². The molecule has 2 aromatic rings. The molecule has 0 bridgehead atoms. The summed E-state index contributed by atoms with van der Waals surface area (Å²) in [7, 11) is 0. The average molecular weight is 396 g/mol. The molecule has 1 heterocycles. The quantitative estimate of drug-likeness (QED) is 0.633. The monoisotopic (exact) mass is 395 g/mol. The number of thiophene rings is 1. The first-order valence-electron chi connectivity index (χ1n) is 7.85. The molecule has 4 nitrogen and oxygen atoms in total. The number of nitriles is 1. The zero-order chi connectivity index (χ0) is 18.4. The van der Waals surface area contributed by atoms with E-state index in [1.165, 1.54) is 11.3 Å². The number of rotatable bonds is 7. The Morgan fingerprint density at radius 1 is 1.28 bits per heavy atom. The molecule has 0 aliphatic carbocycles. The van der Waals surface area contributed by atoms with Crippen molar-refractivity contribution in [1.29, 1.82) is 5.26 Å². The Morgan fingerprint density at radius 3 is 2.68 bits per heavy atom. The van der Waals surface area contributed by atoms with Gasteiger partial charge in [0, 0.05) is 16.3 Å². The van der Waals surface area contributed by atoms with Gasteiger partial charge in [-0.1, -0.05) is 43.1 Å². The first-order valence-corrected chi connectivity index (χ1v) is 9.55. The van der Waals surface area contributed by atoms with Crippen LogP contribution >= 0.6 is 34.5 Å². The van der Waals surface area contributed by atoms with Gasteiger partial charge in [0.15, 0.2) is 0 Å². The van der Waals surface area contributed by atoms with Crippen molar-refractivity contribution in [3.8, 4) is 17.2 Å². The van der Waals surface area contributed by atoms with Gasteiger partial charge in [0.05, 0.1) is 21.8 Å². The lowest BCUT2D eigenvalue weighted by Gasteiger charge is -2.21. The van der Waals surface area contributed by atoms with Crippen LogP contribution in [0.4, 0.5) is 5.69 Å². The van der Waals surface area contributed by atoms with Crippen LogP contribution in [0.2, 0.25) is 10.0 Å². The highest BCUT2D eigenvalue weighted by molar-refractivity contribution is 7.08. The summed E-state index contributed by atoms with van der Waals surface area (Å²) in [6.07, 6.45) is 0.661. The highest BCUT2D eigenvalue weighted by Gasteiger charge is 2.21. The van der Waals surface area contributed by atoms with Gasteiger partial charge in [0.1, 0.15) is 12.6 Å². The molecule has 0 saturated carbocycles. The van der Waals surface area contributed by atoms with Crippen LogP contribution in [-0.2, 0) is 4.79 Å². The molecule has 1 aromatic carbocycles. The van der Waals surface area contributed by atoms with Crippen LogP contribution in [0.5, 0.6) is 0 Å². The van der Waals surface area contributed by atoms with Gasteiger partial charge < -0.3 is 10.6 Å². The fraction of sp³-hybridized carbons (Fsp3) is 0.333. The minimum atomic E-state index is -0.413. The average Bonchev–Trinajstić information content (AvgIpc) is 3.02. The third kappa shape index (κ3) is 5.37. The van der Waals surface area contributed by atoms with E-state index in [1.54, 1.807) is 6.07 Å².